The van der Waals surface area contributed by atoms with E-state index in [4.69, 9.17) is 19.4 Å². The van der Waals surface area contributed by atoms with Crippen LogP contribution in [0.25, 0.3) is 11.6 Å². The summed E-state index contributed by atoms with van der Waals surface area (Å²) < 4.78 is 30.0. The first-order chi connectivity index (χ1) is 17.9. The Morgan fingerprint density at radius 2 is 1.57 bits per heavy atom. The zero-order valence-corrected chi connectivity index (χ0v) is 20.7. The predicted molar refractivity (Wildman–Crippen MR) is 135 cm³/mol. The molecule has 0 spiro atoms. The maximum Gasteiger partial charge on any atom is 0.274 e. The quantitative estimate of drug-likeness (QED) is 0.217. The minimum absolute atomic E-state index is 0.261. The summed E-state index contributed by atoms with van der Waals surface area (Å²) in [6.45, 7) is 0.736. The number of carbonyl (C=O) groups is 2. The van der Waals surface area contributed by atoms with Gasteiger partial charge in [-0.25, -0.2) is 9.87 Å². The number of carbonyl (C=O) groups excluding carboxylic acids is 2. The molecule has 4 rings (SSSR count). The smallest absolute Gasteiger partial charge is 0.274 e. The molecule has 0 radical (unpaired) electrons. The summed E-state index contributed by atoms with van der Waals surface area (Å²) in [7, 11) is 4.52. The van der Waals surface area contributed by atoms with E-state index in [0.29, 0.717) is 52.5 Å². The van der Waals surface area contributed by atoms with Crippen LogP contribution < -0.4 is 19.7 Å². The summed E-state index contributed by atoms with van der Waals surface area (Å²) in [6, 6.07) is 14.3. The summed E-state index contributed by atoms with van der Waals surface area (Å²) in [5, 5.41) is 8.97. The molecule has 1 aliphatic rings. The van der Waals surface area contributed by atoms with Crippen molar-refractivity contribution in [2.24, 2.45) is 0 Å². The van der Waals surface area contributed by atoms with Crippen molar-refractivity contribution in [3.8, 4) is 17.2 Å². The average molecular weight is 507 g/mol. The molecule has 0 aromatic heterocycles. The number of fused-ring (bicyclic) bond motifs is 1. The van der Waals surface area contributed by atoms with Gasteiger partial charge >= 0.3 is 0 Å². The number of rotatable bonds is 7. The van der Waals surface area contributed by atoms with E-state index in [1.807, 2.05) is 6.07 Å². The van der Waals surface area contributed by atoms with Crippen molar-refractivity contribution in [2.75, 3.05) is 27.9 Å². The lowest BCUT2D eigenvalue weighted by atomic mass is 9.95. The fourth-order valence-electron chi connectivity index (χ4n) is 4.36. The molecule has 8 nitrogen and oxygen atoms in total. The Balaban J connectivity index is 1.75. The van der Waals surface area contributed by atoms with E-state index < -0.39 is 11.7 Å². The number of nitrogens with zero attached hydrogens (tertiary/aromatic N) is 1. The van der Waals surface area contributed by atoms with Gasteiger partial charge in [-0.15, -0.1) is 0 Å². The van der Waals surface area contributed by atoms with Crippen LogP contribution in [-0.2, 0) is 17.8 Å². The zero-order valence-electron chi connectivity index (χ0n) is 20.7. The van der Waals surface area contributed by atoms with Crippen molar-refractivity contribution in [1.82, 2.24) is 10.4 Å². The van der Waals surface area contributed by atoms with Gasteiger partial charge < -0.3 is 19.1 Å². The van der Waals surface area contributed by atoms with Crippen molar-refractivity contribution < 1.29 is 33.4 Å². The van der Waals surface area contributed by atoms with Crippen molar-refractivity contribution in [3.63, 3.8) is 0 Å². The molecule has 3 aromatic carbocycles. The molecule has 0 saturated heterocycles. The average Bonchev–Trinajstić information content (AvgIpc) is 2.94. The van der Waals surface area contributed by atoms with Crippen LogP contribution in [0.3, 0.4) is 0 Å². The van der Waals surface area contributed by atoms with E-state index in [0.717, 1.165) is 11.1 Å². The normalized spacial score (nSPS) is 13.0. The largest absolute Gasteiger partial charge is 0.493 e. The van der Waals surface area contributed by atoms with E-state index in [2.05, 4.69) is 0 Å². The summed E-state index contributed by atoms with van der Waals surface area (Å²) >= 11 is 0. The molecule has 2 N–H and O–H groups in total. The Kier molecular flexibility index (Phi) is 7.74. The highest BCUT2D eigenvalue weighted by molar-refractivity contribution is 6.24. The van der Waals surface area contributed by atoms with Gasteiger partial charge in [-0.3, -0.25) is 14.8 Å². The third-order valence-electron chi connectivity index (χ3n) is 6.25. The van der Waals surface area contributed by atoms with Crippen LogP contribution in [0, 0.1) is 5.82 Å². The first-order valence-electron chi connectivity index (χ1n) is 11.5. The number of methoxy groups -OCH3 is 3. The minimum atomic E-state index is -0.624. The molecule has 0 fully saturated rings. The second-order valence-corrected chi connectivity index (χ2v) is 8.42. The number of amides is 2. The minimum Gasteiger partial charge on any atom is -0.493 e. The van der Waals surface area contributed by atoms with Crippen LogP contribution in [0.15, 0.2) is 54.6 Å². The Morgan fingerprint density at radius 1 is 0.919 bits per heavy atom. The molecule has 1 heterocycles. The Hall–Kier alpha value is -4.37. The SMILES string of the molecule is COc1cc(C=C(C(=O)N2CCc3ccc(C(=O)NO)cc3C2)c2ccc(F)cc2)cc(OC)c1OC. The van der Waals surface area contributed by atoms with Gasteiger partial charge in [0.2, 0.25) is 5.75 Å². The highest BCUT2D eigenvalue weighted by atomic mass is 19.1. The lowest BCUT2D eigenvalue weighted by molar-refractivity contribution is -0.125. The third-order valence-corrected chi connectivity index (χ3v) is 6.25. The number of nitrogens with one attached hydrogen (secondary N) is 1. The monoisotopic (exact) mass is 506 g/mol. The van der Waals surface area contributed by atoms with Gasteiger partial charge in [-0.05, 0) is 71.1 Å². The van der Waals surface area contributed by atoms with Gasteiger partial charge in [0.05, 0.1) is 21.3 Å². The predicted octanol–water partition coefficient (Wildman–Crippen LogP) is 4.10. The van der Waals surface area contributed by atoms with Crippen LogP contribution in [0.5, 0.6) is 17.2 Å². The van der Waals surface area contributed by atoms with Gasteiger partial charge in [0.1, 0.15) is 5.82 Å². The first-order valence-corrected chi connectivity index (χ1v) is 11.5. The fourth-order valence-corrected chi connectivity index (χ4v) is 4.36. The van der Waals surface area contributed by atoms with Gasteiger partial charge in [0.15, 0.2) is 11.5 Å². The van der Waals surface area contributed by atoms with Gasteiger partial charge in [-0.1, -0.05) is 18.2 Å². The number of hydroxylamine groups is 1. The van der Waals surface area contributed by atoms with E-state index in [-0.39, 0.29) is 12.5 Å². The van der Waals surface area contributed by atoms with Crippen LogP contribution >= 0.6 is 0 Å². The molecule has 0 atom stereocenters. The lowest BCUT2D eigenvalue weighted by Gasteiger charge is -2.30. The van der Waals surface area contributed by atoms with Crippen LogP contribution in [0.1, 0.15) is 32.6 Å². The summed E-state index contributed by atoms with van der Waals surface area (Å²) in [4.78, 5) is 27.4. The van der Waals surface area contributed by atoms with Gasteiger partial charge in [-0.2, -0.15) is 0 Å². The molecule has 0 saturated carbocycles. The van der Waals surface area contributed by atoms with Crippen molar-refractivity contribution in [2.45, 2.75) is 13.0 Å². The maximum atomic E-state index is 13.9. The molecule has 3 aromatic rings. The van der Waals surface area contributed by atoms with E-state index >= 15 is 0 Å². The topological polar surface area (TPSA) is 97.3 Å². The highest BCUT2D eigenvalue weighted by Crippen LogP contribution is 2.39. The zero-order chi connectivity index (χ0) is 26.5. The first kappa shape index (κ1) is 25.7. The van der Waals surface area contributed by atoms with Crippen molar-refractivity contribution in [1.29, 1.82) is 0 Å². The molecule has 0 unspecified atom stereocenters. The van der Waals surface area contributed by atoms with E-state index in [1.165, 1.54) is 33.5 Å². The summed E-state index contributed by atoms with van der Waals surface area (Å²) in [5.41, 5.74) is 5.28. The Bertz CT molecular complexity index is 1330. The number of halogens is 1. The molecule has 37 heavy (non-hydrogen) atoms. The van der Waals surface area contributed by atoms with Crippen LogP contribution in [0.2, 0.25) is 0 Å². The number of hydrogen-bond donors (Lipinski definition) is 2. The molecule has 1 aliphatic heterocycles. The molecule has 0 bridgehead atoms. The van der Waals surface area contributed by atoms with Crippen LogP contribution in [-0.4, -0.2) is 49.8 Å². The second-order valence-electron chi connectivity index (χ2n) is 8.42. The number of ether oxygens (including phenoxy) is 3. The van der Waals surface area contributed by atoms with E-state index in [1.54, 1.807) is 52.9 Å². The molecular formula is C28H27FN2O6. The van der Waals surface area contributed by atoms with Crippen LogP contribution in [0.4, 0.5) is 4.39 Å². The maximum absolute atomic E-state index is 13.9. The standard InChI is InChI=1S/C28H27FN2O6/c1-35-24-13-17(14-25(36-2)26(24)37-3)12-23(19-6-8-22(29)9-7-19)28(33)31-11-10-18-4-5-20(27(32)30-34)15-21(18)16-31/h4-9,12-15,34H,10-11,16H2,1-3H3,(H,30,32). The second kappa shape index (κ2) is 11.1. The highest BCUT2D eigenvalue weighted by Gasteiger charge is 2.25. The molecule has 2 amide bonds. The van der Waals surface area contributed by atoms with Crippen molar-refractivity contribution >= 4 is 23.5 Å². The summed E-state index contributed by atoms with van der Waals surface area (Å²) in [6.07, 6.45) is 2.30. The van der Waals surface area contributed by atoms with Gasteiger partial charge in [0, 0.05) is 24.2 Å². The molecule has 9 heteroatoms. The molecular weight excluding hydrogens is 479 g/mol. The Morgan fingerprint density at radius 3 is 2.16 bits per heavy atom. The molecule has 0 aliphatic carbocycles. The fraction of sp³-hybridized carbons (Fsp3) is 0.214. The number of benzene rings is 3. The van der Waals surface area contributed by atoms with Crippen molar-refractivity contribution in [3.05, 3.63) is 88.2 Å². The Labute approximate surface area is 213 Å². The van der Waals surface area contributed by atoms with Gasteiger partial charge in [0.25, 0.3) is 11.8 Å². The third kappa shape index (κ3) is 5.41. The summed E-state index contributed by atoms with van der Waals surface area (Å²) in [5.74, 6) is -0.0122. The lowest BCUT2D eigenvalue weighted by Crippen LogP contribution is -2.36. The number of hydrogen-bond acceptors (Lipinski definition) is 6. The molecule has 192 valence electrons. The van der Waals surface area contributed by atoms with E-state index in [9.17, 15) is 14.0 Å².